The second-order valence-corrected chi connectivity index (χ2v) is 6.30. The Morgan fingerprint density at radius 3 is 3.00 bits per heavy atom. The number of aromatic nitrogens is 3. The summed E-state index contributed by atoms with van der Waals surface area (Å²) in [6.45, 7) is 5.21. The number of carbonyl (C=O) groups excluding carboxylic acids is 1. The summed E-state index contributed by atoms with van der Waals surface area (Å²) in [6, 6.07) is 5.04. The molecule has 2 atom stereocenters. The van der Waals surface area contributed by atoms with E-state index >= 15 is 0 Å². The molecular weight excluding hydrogens is 318 g/mol. The minimum atomic E-state index is -0.204. The van der Waals surface area contributed by atoms with Crippen LogP contribution in [-0.2, 0) is 11.8 Å². The minimum Gasteiger partial charge on any atom is -0.373 e. The first-order valence-corrected chi connectivity index (χ1v) is 8.27. The zero-order valence-corrected chi connectivity index (χ0v) is 14.6. The Hall–Kier alpha value is -2.72. The second kappa shape index (κ2) is 7.03. The quantitative estimate of drug-likeness (QED) is 0.917. The summed E-state index contributed by atoms with van der Waals surface area (Å²) >= 11 is 0. The van der Waals surface area contributed by atoms with Crippen LogP contribution in [0.3, 0.4) is 0 Å². The van der Waals surface area contributed by atoms with Gasteiger partial charge in [-0.15, -0.1) is 0 Å². The molecule has 1 saturated heterocycles. The molecule has 0 radical (unpaired) electrons. The number of nitrogens with one attached hydrogen (secondary N) is 1. The SMILES string of the molecule is Cc1nn(C)c(C)c1[C@H]1OCC[C@@H]1CNC(=O)c1ccnc(C#N)c1. The van der Waals surface area contributed by atoms with Crippen molar-refractivity contribution in [1.29, 1.82) is 5.26 Å². The summed E-state index contributed by atoms with van der Waals surface area (Å²) in [5, 5.41) is 16.3. The summed E-state index contributed by atoms with van der Waals surface area (Å²) in [4.78, 5) is 16.2. The summed E-state index contributed by atoms with van der Waals surface area (Å²) in [5.41, 5.74) is 3.85. The maximum atomic E-state index is 12.3. The topological polar surface area (TPSA) is 92.8 Å². The third-order valence-electron chi connectivity index (χ3n) is 4.73. The highest BCUT2D eigenvalue weighted by molar-refractivity contribution is 5.94. The molecule has 1 fully saturated rings. The lowest BCUT2D eigenvalue weighted by Crippen LogP contribution is -2.30. The van der Waals surface area contributed by atoms with E-state index in [0.717, 1.165) is 23.4 Å². The highest BCUT2D eigenvalue weighted by Gasteiger charge is 2.33. The number of nitrogens with zero attached hydrogens (tertiary/aromatic N) is 4. The molecule has 0 aromatic carbocycles. The zero-order valence-electron chi connectivity index (χ0n) is 14.6. The number of amides is 1. The van der Waals surface area contributed by atoms with E-state index in [-0.39, 0.29) is 23.6 Å². The molecule has 1 aliphatic heterocycles. The van der Waals surface area contributed by atoms with Crippen LogP contribution in [0.2, 0.25) is 0 Å². The Kier molecular flexibility index (Phi) is 4.81. The van der Waals surface area contributed by atoms with Gasteiger partial charge in [-0.05, 0) is 32.4 Å². The molecular formula is C18H21N5O2. The van der Waals surface area contributed by atoms with Crippen molar-refractivity contribution in [2.24, 2.45) is 13.0 Å². The predicted octanol–water partition coefficient (Wildman–Crippen LogP) is 1.81. The molecule has 0 unspecified atom stereocenters. The molecule has 0 saturated carbocycles. The molecule has 130 valence electrons. The normalized spacial score (nSPS) is 19.6. The van der Waals surface area contributed by atoms with Gasteiger partial charge in [0.25, 0.3) is 5.91 Å². The fourth-order valence-corrected chi connectivity index (χ4v) is 3.32. The van der Waals surface area contributed by atoms with Crippen LogP contribution in [0, 0.1) is 31.1 Å². The molecule has 2 aromatic heterocycles. The molecule has 2 aromatic rings. The van der Waals surface area contributed by atoms with Crippen molar-refractivity contribution < 1.29 is 9.53 Å². The van der Waals surface area contributed by atoms with Gasteiger partial charge in [-0.25, -0.2) is 4.98 Å². The van der Waals surface area contributed by atoms with Crippen LogP contribution in [0.4, 0.5) is 0 Å². The number of nitriles is 1. The van der Waals surface area contributed by atoms with Crippen LogP contribution in [0.25, 0.3) is 0 Å². The third-order valence-corrected chi connectivity index (χ3v) is 4.73. The van der Waals surface area contributed by atoms with Crippen molar-refractivity contribution in [3.8, 4) is 6.07 Å². The number of carbonyl (C=O) groups is 1. The molecule has 7 nitrogen and oxygen atoms in total. The number of pyridine rings is 1. The van der Waals surface area contributed by atoms with Gasteiger partial charge in [0.2, 0.25) is 0 Å². The van der Waals surface area contributed by atoms with Crippen molar-refractivity contribution in [3.05, 3.63) is 46.5 Å². The van der Waals surface area contributed by atoms with Crippen LogP contribution < -0.4 is 5.32 Å². The van der Waals surface area contributed by atoms with Crippen molar-refractivity contribution in [2.75, 3.05) is 13.2 Å². The van der Waals surface area contributed by atoms with E-state index in [1.54, 1.807) is 6.07 Å². The van der Waals surface area contributed by atoms with E-state index in [2.05, 4.69) is 15.4 Å². The average Bonchev–Trinajstić information content (AvgIpc) is 3.16. The highest BCUT2D eigenvalue weighted by atomic mass is 16.5. The van der Waals surface area contributed by atoms with Gasteiger partial charge in [0.15, 0.2) is 0 Å². The fourth-order valence-electron chi connectivity index (χ4n) is 3.32. The molecule has 3 rings (SSSR count). The lowest BCUT2D eigenvalue weighted by molar-refractivity contribution is 0.0840. The number of hydrogen-bond donors (Lipinski definition) is 1. The molecule has 1 aliphatic rings. The number of rotatable bonds is 4. The van der Waals surface area contributed by atoms with Gasteiger partial charge in [0.1, 0.15) is 11.8 Å². The van der Waals surface area contributed by atoms with Gasteiger partial charge in [-0.1, -0.05) is 0 Å². The highest BCUT2D eigenvalue weighted by Crippen LogP contribution is 2.37. The van der Waals surface area contributed by atoms with Crippen molar-refractivity contribution in [2.45, 2.75) is 26.4 Å². The van der Waals surface area contributed by atoms with Crippen LogP contribution in [-0.4, -0.2) is 33.8 Å². The molecule has 7 heteroatoms. The van der Waals surface area contributed by atoms with Crippen LogP contribution in [0.15, 0.2) is 18.3 Å². The summed E-state index contributed by atoms with van der Waals surface area (Å²) < 4.78 is 7.81. The van der Waals surface area contributed by atoms with Gasteiger partial charge in [0, 0.05) is 49.1 Å². The first-order valence-electron chi connectivity index (χ1n) is 8.27. The standard InChI is InChI=1S/C18H21N5O2/c1-11-16(12(2)23(3)22-11)17-14(5-7-25-17)10-21-18(24)13-4-6-20-15(8-13)9-19/h4,6,8,14,17H,5,7,10H2,1-3H3,(H,21,24)/t14-,17+/m1/s1. The maximum absolute atomic E-state index is 12.3. The van der Waals surface area contributed by atoms with Gasteiger partial charge in [-0.2, -0.15) is 10.4 Å². The molecule has 0 bridgehead atoms. The van der Waals surface area contributed by atoms with Crippen molar-refractivity contribution >= 4 is 5.91 Å². The van der Waals surface area contributed by atoms with Gasteiger partial charge < -0.3 is 10.1 Å². The van der Waals surface area contributed by atoms with E-state index in [1.165, 1.54) is 12.3 Å². The number of ether oxygens (including phenoxy) is 1. The Labute approximate surface area is 146 Å². The van der Waals surface area contributed by atoms with Crippen molar-refractivity contribution in [3.63, 3.8) is 0 Å². The Morgan fingerprint density at radius 1 is 1.52 bits per heavy atom. The van der Waals surface area contributed by atoms with E-state index in [9.17, 15) is 4.79 Å². The summed E-state index contributed by atoms with van der Waals surface area (Å²) in [5.74, 6) is -0.00740. The average molecular weight is 339 g/mol. The van der Waals surface area contributed by atoms with Crippen molar-refractivity contribution in [1.82, 2.24) is 20.1 Å². The van der Waals surface area contributed by atoms with E-state index < -0.39 is 0 Å². The molecule has 0 spiro atoms. The summed E-state index contributed by atoms with van der Waals surface area (Å²) in [6.07, 6.45) is 2.30. The summed E-state index contributed by atoms with van der Waals surface area (Å²) in [7, 11) is 1.92. The Balaban J connectivity index is 1.70. The lowest BCUT2D eigenvalue weighted by atomic mass is 9.94. The van der Waals surface area contributed by atoms with Gasteiger partial charge in [-0.3, -0.25) is 9.48 Å². The fraction of sp³-hybridized carbons (Fsp3) is 0.444. The van der Waals surface area contributed by atoms with Gasteiger partial charge in [0.05, 0.1) is 11.8 Å². The molecule has 1 amide bonds. The smallest absolute Gasteiger partial charge is 0.251 e. The first-order chi connectivity index (χ1) is 12.0. The Morgan fingerprint density at radius 2 is 2.32 bits per heavy atom. The number of hydrogen-bond acceptors (Lipinski definition) is 5. The molecule has 0 aliphatic carbocycles. The maximum Gasteiger partial charge on any atom is 0.251 e. The van der Waals surface area contributed by atoms with E-state index in [0.29, 0.717) is 18.7 Å². The predicted molar refractivity (Wildman–Crippen MR) is 90.8 cm³/mol. The first kappa shape index (κ1) is 17.1. The monoisotopic (exact) mass is 339 g/mol. The van der Waals surface area contributed by atoms with Crippen LogP contribution >= 0.6 is 0 Å². The lowest BCUT2D eigenvalue weighted by Gasteiger charge is -2.20. The Bertz CT molecular complexity index is 836. The molecule has 3 heterocycles. The molecule has 25 heavy (non-hydrogen) atoms. The molecule has 1 N–H and O–H groups in total. The third kappa shape index (κ3) is 3.39. The van der Waals surface area contributed by atoms with E-state index in [1.807, 2.05) is 31.6 Å². The second-order valence-electron chi connectivity index (χ2n) is 6.30. The van der Waals surface area contributed by atoms with Crippen LogP contribution in [0.1, 0.15) is 45.5 Å². The minimum absolute atomic E-state index is 0.0545. The largest absolute Gasteiger partial charge is 0.373 e. The zero-order chi connectivity index (χ0) is 18.0. The van der Waals surface area contributed by atoms with Crippen LogP contribution in [0.5, 0.6) is 0 Å². The van der Waals surface area contributed by atoms with E-state index in [4.69, 9.17) is 10.00 Å². The van der Waals surface area contributed by atoms with Gasteiger partial charge >= 0.3 is 0 Å². The number of aryl methyl sites for hydroxylation is 2.